The summed E-state index contributed by atoms with van der Waals surface area (Å²) in [7, 11) is 3.40. The minimum Gasteiger partial charge on any atom is -0.484 e. The van der Waals surface area contributed by atoms with Crippen LogP contribution in [0.2, 0.25) is 0 Å². The number of benzene rings is 1. The van der Waals surface area contributed by atoms with Gasteiger partial charge in [-0.15, -0.1) is 0 Å². The van der Waals surface area contributed by atoms with Gasteiger partial charge in [0.05, 0.1) is 0 Å². The van der Waals surface area contributed by atoms with E-state index in [1.165, 1.54) is 4.90 Å². The van der Waals surface area contributed by atoms with Gasteiger partial charge in [-0.05, 0) is 23.8 Å². The molecule has 6 heteroatoms. The fraction of sp³-hybridized carbons (Fsp3) is 0.267. The molecule has 0 aliphatic heterocycles. The maximum absolute atomic E-state index is 11.5. The van der Waals surface area contributed by atoms with Gasteiger partial charge in [0.15, 0.2) is 6.61 Å². The minimum absolute atomic E-state index is 0.0334. The molecule has 1 aromatic carbocycles. The van der Waals surface area contributed by atoms with Gasteiger partial charge in [0.2, 0.25) is 5.95 Å². The lowest BCUT2D eigenvalue weighted by Gasteiger charge is -2.12. The lowest BCUT2D eigenvalue weighted by molar-refractivity contribution is -0.130. The fourth-order valence-electron chi connectivity index (χ4n) is 1.59. The van der Waals surface area contributed by atoms with Gasteiger partial charge < -0.3 is 15.0 Å². The monoisotopic (exact) mass is 286 g/mol. The molecule has 2 rings (SSSR count). The lowest BCUT2D eigenvalue weighted by Crippen LogP contribution is -2.27. The average Bonchev–Trinajstić information content (AvgIpc) is 2.52. The van der Waals surface area contributed by atoms with Crippen molar-refractivity contribution in [2.24, 2.45) is 0 Å². The first-order valence-electron chi connectivity index (χ1n) is 6.58. The van der Waals surface area contributed by atoms with E-state index in [0.29, 0.717) is 18.2 Å². The van der Waals surface area contributed by atoms with Gasteiger partial charge in [0.25, 0.3) is 5.91 Å². The zero-order valence-electron chi connectivity index (χ0n) is 12.1. The van der Waals surface area contributed by atoms with Crippen LogP contribution in [0.4, 0.5) is 5.95 Å². The second-order valence-electron chi connectivity index (χ2n) is 4.65. The first-order valence-corrected chi connectivity index (χ1v) is 6.58. The molecule has 0 saturated heterocycles. The van der Waals surface area contributed by atoms with E-state index >= 15 is 0 Å². The Morgan fingerprint density at radius 3 is 2.71 bits per heavy atom. The van der Waals surface area contributed by atoms with E-state index < -0.39 is 0 Å². The number of hydrogen-bond donors (Lipinski definition) is 1. The summed E-state index contributed by atoms with van der Waals surface area (Å²) in [4.78, 5) is 21.2. The highest BCUT2D eigenvalue weighted by Gasteiger charge is 2.05. The summed E-state index contributed by atoms with van der Waals surface area (Å²) in [6, 6.07) is 9.33. The number of carbonyl (C=O) groups is 1. The van der Waals surface area contributed by atoms with E-state index in [1.54, 1.807) is 32.6 Å². The molecular weight excluding hydrogens is 268 g/mol. The lowest BCUT2D eigenvalue weighted by atomic mass is 10.2. The number of rotatable bonds is 6. The number of nitrogens with one attached hydrogen (secondary N) is 1. The molecule has 0 spiro atoms. The summed E-state index contributed by atoms with van der Waals surface area (Å²) >= 11 is 0. The second kappa shape index (κ2) is 7.23. The average molecular weight is 286 g/mol. The zero-order valence-corrected chi connectivity index (χ0v) is 12.1. The number of aromatic nitrogens is 2. The summed E-state index contributed by atoms with van der Waals surface area (Å²) in [6.45, 7) is 0.620. The summed E-state index contributed by atoms with van der Waals surface area (Å²) in [5.74, 6) is 1.17. The Morgan fingerprint density at radius 1 is 1.24 bits per heavy atom. The highest BCUT2D eigenvalue weighted by Crippen LogP contribution is 2.14. The van der Waals surface area contributed by atoms with Crippen LogP contribution < -0.4 is 10.1 Å². The van der Waals surface area contributed by atoms with Crippen LogP contribution in [-0.2, 0) is 11.3 Å². The maximum Gasteiger partial charge on any atom is 0.259 e. The van der Waals surface area contributed by atoms with Gasteiger partial charge in [0.1, 0.15) is 5.75 Å². The van der Waals surface area contributed by atoms with Gasteiger partial charge in [-0.25, -0.2) is 9.97 Å². The number of hydrogen-bond acceptors (Lipinski definition) is 5. The summed E-state index contributed by atoms with van der Waals surface area (Å²) < 4.78 is 5.47. The van der Waals surface area contributed by atoms with Crippen molar-refractivity contribution in [2.75, 3.05) is 26.0 Å². The SMILES string of the molecule is CN(C)C(=O)COc1cccc(CNc2ncccn2)c1. The summed E-state index contributed by atoms with van der Waals surface area (Å²) in [5, 5.41) is 3.12. The maximum atomic E-state index is 11.5. The van der Waals surface area contributed by atoms with E-state index in [9.17, 15) is 4.79 Å². The molecule has 2 aromatic rings. The number of anilines is 1. The third-order valence-electron chi connectivity index (χ3n) is 2.78. The van der Waals surface area contributed by atoms with Crippen LogP contribution in [-0.4, -0.2) is 41.5 Å². The van der Waals surface area contributed by atoms with Crippen molar-refractivity contribution in [3.8, 4) is 5.75 Å². The highest BCUT2D eigenvalue weighted by molar-refractivity contribution is 5.77. The van der Waals surface area contributed by atoms with E-state index in [-0.39, 0.29) is 12.5 Å². The number of likely N-dealkylation sites (N-methyl/N-ethyl adjacent to an activating group) is 1. The van der Waals surface area contributed by atoms with Gasteiger partial charge in [0, 0.05) is 33.0 Å². The van der Waals surface area contributed by atoms with Crippen molar-refractivity contribution in [1.29, 1.82) is 0 Å². The van der Waals surface area contributed by atoms with Crippen LogP contribution in [0.3, 0.4) is 0 Å². The Bertz CT molecular complexity index is 587. The number of ether oxygens (including phenoxy) is 1. The van der Waals surface area contributed by atoms with E-state index in [4.69, 9.17) is 4.74 Å². The van der Waals surface area contributed by atoms with Crippen LogP contribution in [0.1, 0.15) is 5.56 Å². The van der Waals surface area contributed by atoms with Crippen LogP contribution >= 0.6 is 0 Å². The fourth-order valence-corrected chi connectivity index (χ4v) is 1.59. The molecule has 0 unspecified atom stereocenters. The van der Waals surface area contributed by atoms with Crippen molar-refractivity contribution in [1.82, 2.24) is 14.9 Å². The van der Waals surface area contributed by atoms with Crippen LogP contribution in [0, 0.1) is 0 Å². The first kappa shape index (κ1) is 14.8. The minimum atomic E-state index is -0.0730. The number of carbonyl (C=O) groups excluding carboxylic acids is 1. The molecular formula is C15H18N4O2. The van der Waals surface area contributed by atoms with Crippen molar-refractivity contribution in [3.63, 3.8) is 0 Å². The van der Waals surface area contributed by atoms with Gasteiger partial charge in [-0.2, -0.15) is 0 Å². The molecule has 1 heterocycles. The quantitative estimate of drug-likeness (QED) is 0.872. The van der Waals surface area contributed by atoms with Crippen LogP contribution in [0.25, 0.3) is 0 Å². The summed E-state index contributed by atoms with van der Waals surface area (Å²) in [6.07, 6.45) is 3.36. The topological polar surface area (TPSA) is 67.3 Å². The molecule has 1 N–H and O–H groups in total. The Hall–Kier alpha value is -2.63. The smallest absolute Gasteiger partial charge is 0.259 e. The Morgan fingerprint density at radius 2 is 2.00 bits per heavy atom. The standard InChI is InChI=1S/C15H18N4O2/c1-19(2)14(20)11-21-13-6-3-5-12(9-13)10-18-15-16-7-4-8-17-15/h3-9H,10-11H2,1-2H3,(H,16,17,18). The molecule has 0 aliphatic rings. The molecule has 1 amide bonds. The van der Waals surface area contributed by atoms with Crippen LogP contribution in [0.5, 0.6) is 5.75 Å². The third kappa shape index (κ3) is 4.76. The number of nitrogens with zero attached hydrogens (tertiary/aromatic N) is 3. The molecule has 0 radical (unpaired) electrons. The summed E-state index contributed by atoms with van der Waals surface area (Å²) in [5.41, 5.74) is 1.03. The zero-order chi connectivity index (χ0) is 15.1. The van der Waals surface area contributed by atoms with Crippen LogP contribution in [0.15, 0.2) is 42.7 Å². The van der Waals surface area contributed by atoms with Crippen molar-refractivity contribution in [3.05, 3.63) is 48.3 Å². The van der Waals surface area contributed by atoms with E-state index in [1.807, 2.05) is 24.3 Å². The molecule has 21 heavy (non-hydrogen) atoms. The second-order valence-corrected chi connectivity index (χ2v) is 4.65. The molecule has 0 atom stereocenters. The predicted molar refractivity (Wildman–Crippen MR) is 80.0 cm³/mol. The van der Waals surface area contributed by atoms with Gasteiger partial charge in [-0.3, -0.25) is 4.79 Å². The molecule has 6 nitrogen and oxygen atoms in total. The van der Waals surface area contributed by atoms with Crippen molar-refractivity contribution in [2.45, 2.75) is 6.54 Å². The highest BCUT2D eigenvalue weighted by atomic mass is 16.5. The molecule has 0 aliphatic carbocycles. The largest absolute Gasteiger partial charge is 0.484 e. The van der Waals surface area contributed by atoms with E-state index in [2.05, 4.69) is 15.3 Å². The molecule has 110 valence electrons. The molecule has 0 saturated carbocycles. The molecule has 0 bridgehead atoms. The number of amides is 1. The van der Waals surface area contributed by atoms with Gasteiger partial charge in [-0.1, -0.05) is 12.1 Å². The molecule has 1 aromatic heterocycles. The Labute approximate surface area is 123 Å². The Balaban J connectivity index is 1.90. The van der Waals surface area contributed by atoms with Crippen molar-refractivity contribution < 1.29 is 9.53 Å². The normalized spacial score (nSPS) is 10.0. The van der Waals surface area contributed by atoms with E-state index in [0.717, 1.165) is 5.56 Å². The van der Waals surface area contributed by atoms with Crippen molar-refractivity contribution >= 4 is 11.9 Å². The first-order chi connectivity index (χ1) is 10.1. The van der Waals surface area contributed by atoms with Gasteiger partial charge >= 0.3 is 0 Å². The predicted octanol–water partition coefficient (Wildman–Crippen LogP) is 1.56. The molecule has 0 fully saturated rings. The Kier molecular flexibility index (Phi) is 5.09. The third-order valence-corrected chi connectivity index (χ3v) is 2.78.